The fraction of sp³-hybridized carbons (Fsp3) is 0.182. The predicted molar refractivity (Wildman–Crippen MR) is 114 cm³/mol. The molecule has 2 aromatic carbocycles. The Kier molecular flexibility index (Phi) is 5.87. The van der Waals surface area contributed by atoms with E-state index in [9.17, 15) is 17.6 Å². The lowest BCUT2D eigenvalue weighted by Gasteiger charge is -2.26. The number of aromatic nitrogens is 1. The highest BCUT2D eigenvalue weighted by Crippen LogP contribution is 2.32. The summed E-state index contributed by atoms with van der Waals surface area (Å²) in [7, 11) is -3.32. The van der Waals surface area contributed by atoms with Gasteiger partial charge in [0.1, 0.15) is 10.8 Å². The van der Waals surface area contributed by atoms with E-state index in [1.54, 1.807) is 54.7 Å². The van der Waals surface area contributed by atoms with Crippen LogP contribution in [-0.2, 0) is 15.6 Å². The van der Waals surface area contributed by atoms with Crippen LogP contribution in [0.3, 0.4) is 0 Å². The SMILES string of the molecule is O=C(NC1CCS(=O)(=O)c2ccccc21)c1cccnc1SCc1ccc(F)cc1. The van der Waals surface area contributed by atoms with Crippen LogP contribution < -0.4 is 5.32 Å². The number of benzene rings is 2. The molecule has 30 heavy (non-hydrogen) atoms. The maximum absolute atomic E-state index is 13.1. The zero-order valence-electron chi connectivity index (χ0n) is 15.9. The Morgan fingerprint density at radius 1 is 1.10 bits per heavy atom. The van der Waals surface area contributed by atoms with Crippen molar-refractivity contribution in [1.82, 2.24) is 10.3 Å². The maximum Gasteiger partial charge on any atom is 0.254 e. The zero-order valence-corrected chi connectivity index (χ0v) is 17.5. The Bertz CT molecular complexity index is 1180. The number of hydrogen-bond donors (Lipinski definition) is 1. The van der Waals surface area contributed by atoms with Crippen LogP contribution in [0.1, 0.15) is 33.9 Å². The molecule has 0 fully saturated rings. The lowest BCUT2D eigenvalue weighted by Crippen LogP contribution is -2.34. The summed E-state index contributed by atoms with van der Waals surface area (Å²) in [6.45, 7) is 0. The van der Waals surface area contributed by atoms with Gasteiger partial charge < -0.3 is 5.32 Å². The molecule has 1 aliphatic rings. The van der Waals surface area contributed by atoms with Gasteiger partial charge in [0.25, 0.3) is 5.91 Å². The number of hydrogen-bond acceptors (Lipinski definition) is 5. The summed E-state index contributed by atoms with van der Waals surface area (Å²) in [6, 6.07) is 16.0. The summed E-state index contributed by atoms with van der Waals surface area (Å²) < 4.78 is 37.7. The fourth-order valence-corrected chi connectivity index (χ4v) is 5.96. The van der Waals surface area contributed by atoms with E-state index < -0.39 is 9.84 Å². The molecule has 3 aromatic rings. The minimum absolute atomic E-state index is 0.00578. The van der Waals surface area contributed by atoms with Crippen molar-refractivity contribution in [2.75, 3.05) is 5.75 Å². The van der Waals surface area contributed by atoms with Crippen LogP contribution in [0.25, 0.3) is 0 Å². The van der Waals surface area contributed by atoms with E-state index in [0.29, 0.717) is 28.3 Å². The van der Waals surface area contributed by atoms with Crippen molar-refractivity contribution in [1.29, 1.82) is 0 Å². The monoisotopic (exact) mass is 442 g/mol. The highest BCUT2D eigenvalue weighted by atomic mass is 32.2. The first-order chi connectivity index (χ1) is 14.4. The normalized spacial score (nSPS) is 17.2. The Hall–Kier alpha value is -2.71. The molecule has 5 nitrogen and oxygen atoms in total. The van der Waals surface area contributed by atoms with Crippen LogP contribution in [0.15, 0.2) is 76.8 Å². The first-order valence-corrected chi connectivity index (χ1v) is 12.0. The molecule has 1 N–H and O–H groups in total. The smallest absolute Gasteiger partial charge is 0.254 e. The molecule has 1 amide bonds. The Morgan fingerprint density at radius 2 is 1.87 bits per heavy atom. The van der Waals surface area contributed by atoms with Gasteiger partial charge in [-0.3, -0.25) is 4.79 Å². The van der Waals surface area contributed by atoms with Gasteiger partial charge in [-0.1, -0.05) is 30.3 Å². The minimum atomic E-state index is -3.32. The first-order valence-electron chi connectivity index (χ1n) is 9.39. The van der Waals surface area contributed by atoms with Gasteiger partial charge in [0.05, 0.1) is 22.3 Å². The van der Waals surface area contributed by atoms with Crippen LogP contribution in [0.4, 0.5) is 4.39 Å². The number of pyridine rings is 1. The number of sulfone groups is 1. The average Bonchev–Trinajstić information content (AvgIpc) is 2.76. The Morgan fingerprint density at radius 3 is 2.67 bits per heavy atom. The first kappa shape index (κ1) is 20.6. The third kappa shape index (κ3) is 4.39. The van der Waals surface area contributed by atoms with Crippen molar-refractivity contribution in [2.45, 2.75) is 28.1 Å². The molecule has 0 bridgehead atoms. The molecule has 1 aliphatic heterocycles. The zero-order chi connectivity index (χ0) is 21.1. The van der Waals surface area contributed by atoms with Gasteiger partial charge in [-0.05, 0) is 47.9 Å². The van der Waals surface area contributed by atoms with E-state index in [2.05, 4.69) is 10.3 Å². The molecule has 2 heterocycles. The third-order valence-electron chi connectivity index (χ3n) is 4.91. The van der Waals surface area contributed by atoms with Gasteiger partial charge in [-0.25, -0.2) is 17.8 Å². The molecule has 154 valence electrons. The number of thioether (sulfide) groups is 1. The van der Waals surface area contributed by atoms with Crippen LogP contribution >= 0.6 is 11.8 Å². The van der Waals surface area contributed by atoms with Gasteiger partial charge in [-0.15, -0.1) is 11.8 Å². The molecule has 1 atom stereocenters. The van der Waals surface area contributed by atoms with E-state index in [1.165, 1.54) is 23.9 Å². The van der Waals surface area contributed by atoms with Gasteiger partial charge in [-0.2, -0.15) is 0 Å². The van der Waals surface area contributed by atoms with Gasteiger partial charge in [0.2, 0.25) is 0 Å². The summed E-state index contributed by atoms with van der Waals surface area (Å²) >= 11 is 1.39. The number of nitrogens with one attached hydrogen (secondary N) is 1. The lowest BCUT2D eigenvalue weighted by molar-refractivity contribution is 0.0931. The van der Waals surface area contributed by atoms with E-state index in [-0.39, 0.29) is 28.4 Å². The standard InChI is InChI=1S/C22H19FN2O3S2/c23-16-9-7-15(8-10-16)14-29-22-18(5-3-12-24-22)21(26)25-19-11-13-30(27,28)20-6-2-1-4-17(19)20/h1-10,12,19H,11,13-14H2,(H,25,26). The molecule has 0 spiro atoms. The molecule has 0 radical (unpaired) electrons. The Labute approximate surface area is 178 Å². The number of nitrogens with zero attached hydrogens (tertiary/aromatic N) is 1. The number of carbonyl (C=O) groups is 1. The van der Waals surface area contributed by atoms with Crippen LogP contribution in [0.5, 0.6) is 0 Å². The molecule has 4 rings (SSSR count). The second kappa shape index (κ2) is 8.57. The van der Waals surface area contributed by atoms with Gasteiger partial charge in [0, 0.05) is 11.9 Å². The molecule has 1 unspecified atom stereocenters. The fourth-order valence-electron chi connectivity index (χ4n) is 3.39. The quantitative estimate of drug-likeness (QED) is 0.601. The largest absolute Gasteiger partial charge is 0.345 e. The summed E-state index contributed by atoms with van der Waals surface area (Å²) in [4.78, 5) is 17.6. The van der Waals surface area contributed by atoms with E-state index >= 15 is 0 Å². The van der Waals surface area contributed by atoms with E-state index in [1.807, 2.05) is 0 Å². The minimum Gasteiger partial charge on any atom is -0.345 e. The van der Waals surface area contributed by atoms with Crippen molar-refractivity contribution in [3.8, 4) is 0 Å². The second-order valence-corrected chi connectivity index (χ2v) is 9.98. The van der Waals surface area contributed by atoms with Crippen molar-refractivity contribution >= 4 is 27.5 Å². The van der Waals surface area contributed by atoms with Gasteiger partial charge in [0.15, 0.2) is 9.84 Å². The van der Waals surface area contributed by atoms with Crippen LogP contribution in [0, 0.1) is 5.82 Å². The number of halogens is 1. The van der Waals surface area contributed by atoms with Crippen LogP contribution in [-0.4, -0.2) is 25.1 Å². The highest BCUT2D eigenvalue weighted by molar-refractivity contribution is 7.98. The lowest BCUT2D eigenvalue weighted by atomic mass is 10.0. The van der Waals surface area contributed by atoms with Gasteiger partial charge >= 0.3 is 0 Å². The summed E-state index contributed by atoms with van der Waals surface area (Å²) in [5, 5.41) is 3.53. The van der Waals surface area contributed by atoms with Crippen molar-refractivity contribution in [3.63, 3.8) is 0 Å². The predicted octanol–water partition coefficient (Wildman–Crippen LogP) is 4.16. The van der Waals surface area contributed by atoms with E-state index in [4.69, 9.17) is 0 Å². The Balaban J connectivity index is 1.52. The summed E-state index contributed by atoms with van der Waals surface area (Å²) in [5.74, 6) is -0.0591. The van der Waals surface area contributed by atoms with Crippen molar-refractivity contribution < 1.29 is 17.6 Å². The van der Waals surface area contributed by atoms with Crippen LogP contribution in [0.2, 0.25) is 0 Å². The summed E-state index contributed by atoms with van der Waals surface area (Å²) in [6.07, 6.45) is 1.94. The molecule has 0 saturated carbocycles. The third-order valence-corrected chi connectivity index (χ3v) is 7.81. The highest BCUT2D eigenvalue weighted by Gasteiger charge is 2.31. The molecule has 1 aromatic heterocycles. The topological polar surface area (TPSA) is 76.1 Å². The molecular formula is C22H19FN2O3S2. The second-order valence-electron chi connectivity index (χ2n) is 6.94. The maximum atomic E-state index is 13.1. The molecule has 8 heteroatoms. The number of rotatable bonds is 5. The van der Waals surface area contributed by atoms with E-state index in [0.717, 1.165) is 5.56 Å². The number of carbonyl (C=O) groups excluding carboxylic acids is 1. The number of fused-ring (bicyclic) bond motifs is 1. The van der Waals surface area contributed by atoms with Crippen molar-refractivity contribution in [2.24, 2.45) is 0 Å². The summed E-state index contributed by atoms with van der Waals surface area (Å²) in [5.41, 5.74) is 1.96. The average molecular weight is 443 g/mol. The molecule has 0 saturated heterocycles. The molecular weight excluding hydrogens is 423 g/mol. The molecule has 0 aliphatic carbocycles. The number of amides is 1. The van der Waals surface area contributed by atoms with Crippen molar-refractivity contribution in [3.05, 3.63) is 89.4 Å².